The van der Waals surface area contributed by atoms with Gasteiger partial charge in [0.05, 0.1) is 18.5 Å². The zero-order chi connectivity index (χ0) is 22.0. The van der Waals surface area contributed by atoms with Gasteiger partial charge in [-0.05, 0) is 48.7 Å². The van der Waals surface area contributed by atoms with Crippen molar-refractivity contribution in [3.63, 3.8) is 0 Å². The summed E-state index contributed by atoms with van der Waals surface area (Å²) < 4.78 is 11.1. The Morgan fingerprint density at radius 3 is 2.52 bits per heavy atom. The molecule has 4 rings (SSSR count). The Morgan fingerprint density at radius 2 is 1.81 bits per heavy atom. The fourth-order valence-electron chi connectivity index (χ4n) is 3.95. The first-order valence-electron chi connectivity index (χ1n) is 10.2. The van der Waals surface area contributed by atoms with Gasteiger partial charge in [0.1, 0.15) is 0 Å². The normalized spacial score (nSPS) is 16.6. The Kier molecular flexibility index (Phi) is 5.75. The highest BCUT2D eigenvalue weighted by Crippen LogP contribution is 2.36. The zero-order valence-electron chi connectivity index (χ0n) is 17.6. The molecule has 2 amide bonds. The molecule has 1 saturated heterocycles. The molecule has 0 bridgehead atoms. The number of methoxy groups -OCH3 is 1. The standard InChI is InChI=1S/C24H24N2O5/c1-16(27)26-19-8-4-3-7-18(19)24(29)20(26)13-17-9-10-21(22(14-17)30-2)31-15-23(28)25-11-5-6-12-25/h3-4,7-10,13-14H,5-6,11-12,15H2,1-2H3/b20-13-. The minimum absolute atomic E-state index is 0.0443. The predicted octanol–water partition coefficient (Wildman–Crippen LogP) is 3.29. The minimum atomic E-state index is -0.239. The van der Waals surface area contributed by atoms with E-state index in [1.54, 1.807) is 53.4 Å². The molecule has 0 unspecified atom stereocenters. The maximum Gasteiger partial charge on any atom is 0.260 e. The van der Waals surface area contributed by atoms with Crippen LogP contribution in [-0.4, -0.2) is 49.3 Å². The van der Waals surface area contributed by atoms with Crippen LogP contribution in [0.15, 0.2) is 48.2 Å². The molecule has 7 nitrogen and oxygen atoms in total. The third kappa shape index (κ3) is 4.03. The highest BCUT2D eigenvalue weighted by Gasteiger charge is 2.34. The van der Waals surface area contributed by atoms with E-state index >= 15 is 0 Å². The van der Waals surface area contributed by atoms with Crippen LogP contribution in [0.3, 0.4) is 0 Å². The van der Waals surface area contributed by atoms with E-state index in [2.05, 4.69) is 0 Å². The summed E-state index contributed by atoms with van der Waals surface area (Å²) >= 11 is 0. The SMILES string of the molecule is COc1cc(/C=C2/C(=O)c3ccccc3N2C(C)=O)ccc1OCC(=O)N1CCCC1. The van der Waals surface area contributed by atoms with Crippen LogP contribution in [0, 0.1) is 0 Å². The number of likely N-dealkylation sites (tertiary alicyclic amines) is 1. The van der Waals surface area contributed by atoms with E-state index in [1.807, 2.05) is 0 Å². The van der Waals surface area contributed by atoms with Gasteiger partial charge in [-0.3, -0.25) is 19.3 Å². The Bertz CT molecular complexity index is 1070. The summed E-state index contributed by atoms with van der Waals surface area (Å²) in [6.45, 7) is 2.92. The van der Waals surface area contributed by atoms with Crippen LogP contribution < -0.4 is 14.4 Å². The number of ether oxygens (including phenoxy) is 2. The van der Waals surface area contributed by atoms with Crippen molar-refractivity contribution in [3.8, 4) is 11.5 Å². The first-order chi connectivity index (χ1) is 15.0. The number of hydrogen-bond donors (Lipinski definition) is 0. The van der Waals surface area contributed by atoms with Crippen molar-refractivity contribution >= 4 is 29.4 Å². The maximum atomic E-state index is 12.9. The Labute approximate surface area is 180 Å². The molecule has 2 aromatic carbocycles. The van der Waals surface area contributed by atoms with Crippen molar-refractivity contribution in [1.29, 1.82) is 0 Å². The summed E-state index contributed by atoms with van der Waals surface area (Å²) in [5.41, 5.74) is 2.04. The number of Topliss-reactive ketones (excluding diaryl/α,β-unsaturated/α-hetero) is 1. The second kappa shape index (κ2) is 8.63. The van der Waals surface area contributed by atoms with Crippen molar-refractivity contribution in [2.75, 3.05) is 31.7 Å². The van der Waals surface area contributed by atoms with Crippen molar-refractivity contribution in [1.82, 2.24) is 4.90 Å². The first-order valence-corrected chi connectivity index (χ1v) is 10.2. The van der Waals surface area contributed by atoms with Gasteiger partial charge in [-0.1, -0.05) is 18.2 Å². The number of ketones is 1. The lowest BCUT2D eigenvalue weighted by molar-refractivity contribution is -0.132. The topological polar surface area (TPSA) is 76.1 Å². The molecule has 0 saturated carbocycles. The number of allylic oxidation sites excluding steroid dienone is 1. The monoisotopic (exact) mass is 420 g/mol. The van der Waals surface area contributed by atoms with Gasteiger partial charge >= 0.3 is 0 Å². The van der Waals surface area contributed by atoms with Gasteiger partial charge in [0.2, 0.25) is 11.7 Å². The van der Waals surface area contributed by atoms with E-state index in [9.17, 15) is 14.4 Å². The lowest BCUT2D eigenvalue weighted by Crippen LogP contribution is -2.32. The number of rotatable bonds is 5. The molecule has 7 heteroatoms. The quantitative estimate of drug-likeness (QED) is 0.694. The van der Waals surface area contributed by atoms with Gasteiger partial charge in [0, 0.05) is 25.6 Å². The largest absolute Gasteiger partial charge is 0.493 e. The van der Waals surface area contributed by atoms with Gasteiger partial charge in [-0.25, -0.2) is 0 Å². The smallest absolute Gasteiger partial charge is 0.260 e. The average molecular weight is 420 g/mol. The summed E-state index contributed by atoms with van der Waals surface area (Å²) in [7, 11) is 1.51. The molecule has 0 spiro atoms. The third-order valence-electron chi connectivity index (χ3n) is 5.48. The fraction of sp³-hybridized carbons (Fsp3) is 0.292. The first kappa shape index (κ1) is 20.7. The van der Waals surface area contributed by atoms with E-state index in [0.29, 0.717) is 28.3 Å². The molecular formula is C24H24N2O5. The summed E-state index contributed by atoms with van der Waals surface area (Å²) in [6, 6.07) is 12.2. The van der Waals surface area contributed by atoms with Crippen LogP contribution in [0.4, 0.5) is 5.69 Å². The van der Waals surface area contributed by atoms with Crippen LogP contribution in [0.1, 0.15) is 35.7 Å². The molecule has 1 fully saturated rings. The number of para-hydroxylation sites is 1. The van der Waals surface area contributed by atoms with Gasteiger partial charge < -0.3 is 14.4 Å². The Morgan fingerprint density at radius 1 is 1.06 bits per heavy atom. The summed E-state index contributed by atoms with van der Waals surface area (Å²) in [6.07, 6.45) is 3.71. The molecule has 0 aliphatic carbocycles. The molecule has 2 aliphatic heterocycles. The number of amides is 2. The van der Waals surface area contributed by atoms with E-state index in [1.165, 1.54) is 18.9 Å². The van der Waals surface area contributed by atoms with Gasteiger partial charge in [0.15, 0.2) is 18.1 Å². The molecule has 0 aromatic heterocycles. The van der Waals surface area contributed by atoms with E-state index in [4.69, 9.17) is 9.47 Å². The highest BCUT2D eigenvalue weighted by atomic mass is 16.5. The summed E-state index contributed by atoms with van der Waals surface area (Å²) in [5, 5.41) is 0. The van der Waals surface area contributed by atoms with E-state index < -0.39 is 0 Å². The lowest BCUT2D eigenvalue weighted by atomic mass is 10.1. The van der Waals surface area contributed by atoms with E-state index in [-0.39, 0.29) is 29.9 Å². The van der Waals surface area contributed by atoms with Crippen LogP contribution in [-0.2, 0) is 9.59 Å². The molecule has 2 heterocycles. The summed E-state index contributed by atoms with van der Waals surface area (Å²) in [5.74, 6) is 0.401. The van der Waals surface area contributed by atoms with Crippen molar-refractivity contribution in [2.24, 2.45) is 0 Å². The number of anilines is 1. The van der Waals surface area contributed by atoms with E-state index in [0.717, 1.165) is 25.9 Å². The van der Waals surface area contributed by atoms with Gasteiger partial charge in [-0.15, -0.1) is 0 Å². The van der Waals surface area contributed by atoms with Crippen molar-refractivity contribution < 1.29 is 23.9 Å². The third-order valence-corrected chi connectivity index (χ3v) is 5.48. The molecule has 0 N–H and O–H groups in total. The number of hydrogen-bond acceptors (Lipinski definition) is 5. The van der Waals surface area contributed by atoms with Gasteiger partial charge in [0.25, 0.3) is 5.91 Å². The number of nitrogens with zero attached hydrogens (tertiary/aromatic N) is 2. The molecule has 2 aromatic rings. The minimum Gasteiger partial charge on any atom is -0.493 e. The predicted molar refractivity (Wildman–Crippen MR) is 116 cm³/mol. The summed E-state index contributed by atoms with van der Waals surface area (Å²) in [4.78, 5) is 40.6. The molecule has 0 radical (unpaired) electrons. The van der Waals surface area contributed by atoms with Crippen LogP contribution in [0.25, 0.3) is 6.08 Å². The maximum absolute atomic E-state index is 12.9. The fourth-order valence-corrected chi connectivity index (χ4v) is 3.95. The molecule has 2 aliphatic rings. The second-order valence-electron chi connectivity index (χ2n) is 7.52. The van der Waals surface area contributed by atoms with Crippen LogP contribution >= 0.6 is 0 Å². The number of fused-ring (bicyclic) bond motifs is 1. The highest BCUT2D eigenvalue weighted by molar-refractivity contribution is 6.26. The van der Waals surface area contributed by atoms with Gasteiger partial charge in [-0.2, -0.15) is 0 Å². The molecular weight excluding hydrogens is 396 g/mol. The number of carbonyl (C=O) groups excluding carboxylic acids is 3. The number of carbonyl (C=O) groups is 3. The number of benzene rings is 2. The van der Waals surface area contributed by atoms with Crippen molar-refractivity contribution in [2.45, 2.75) is 19.8 Å². The molecule has 0 atom stereocenters. The van der Waals surface area contributed by atoms with Crippen LogP contribution in [0.2, 0.25) is 0 Å². The van der Waals surface area contributed by atoms with Crippen molar-refractivity contribution in [3.05, 3.63) is 59.3 Å². The lowest BCUT2D eigenvalue weighted by Gasteiger charge is -2.17. The Balaban J connectivity index is 1.57. The average Bonchev–Trinajstić information content (AvgIpc) is 3.40. The molecule has 160 valence electrons. The zero-order valence-corrected chi connectivity index (χ0v) is 17.6. The Hall–Kier alpha value is -3.61. The van der Waals surface area contributed by atoms with Crippen LogP contribution in [0.5, 0.6) is 11.5 Å². The molecule has 31 heavy (non-hydrogen) atoms. The second-order valence-corrected chi connectivity index (χ2v) is 7.52.